The monoisotopic (exact) mass is 274 g/mol. The van der Waals surface area contributed by atoms with Crippen LogP contribution in [0.4, 0.5) is 0 Å². The number of methoxy groups -OCH3 is 1. The molecule has 0 amide bonds. The van der Waals surface area contributed by atoms with Gasteiger partial charge in [-0.2, -0.15) is 0 Å². The van der Waals surface area contributed by atoms with Crippen molar-refractivity contribution in [3.8, 4) is 11.8 Å². The predicted octanol–water partition coefficient (Wildman–Crippen LogP) is 1.56. The Labute approximate surface area is 118 Å². The summed E-state index contributed by atoms with van der Waals surface area (Å²) in [7, 11) is 1.15. The molecule has 1 N–H and O–H groups in total. The SMILES string of the molecule is CCC(=O)[C@H](C)[C@@](O)(C#Cc1ccccc1)C(=O)OC. The summed E-state index contributed by atoms with van der Waals surface area (Å²) in [6, 6.07) is 8.92. The van der Waals surface area contributed by atoms with E-state index in [2.05, 4.69) is 16.6 Å². The van der Waals surface area contributed by atoms with Gasteiger partial charge in [0.1, 0.15) is 5.78 Å². The molecule has 0 aromatic heterocycles. The lowest BCUT2D eigenvalue weighted by Crippen LogP contribution is -2.47. The normalized spacial score (nSPS) is 14.4. The fraction of sp³-hybridized carbons (Fsp3) is 0.375. The summed E-state index contributed by atoms with van der Waals surface area (Å²) in [4.78, 5) is 23.5. The van der Waals surface area contributed by atoms with Gasteiger partial charge in [0, 0.05) is 12.0 Å². The molecule has 106 valence electrons. The Bertz CT molecular complexity index is 539. The second-order valence-electron chi connectivity index (χ2n) is 4.42. The van der Waals surface area contributed by atoms with Crippen molar-refractivity contribution >= 4 is 11.8 Å². The molecule has 0 radical (unpaired) electrons. The fourth-order valence-corrected chi connectivity index (χ4v) is 1.72. The number of carbonyl (C=O) groups is 2. The zero-order chi connectivity index (χ0) is 15.2. The molecule has 0 unspecified atom stereocenters. The van der Waals surface area contributed by atoms with E-state index in [0.717, 1.165) is 7.11 Å². The lowest BCUT2D eigenvalue weighted by atomic mass is 9.85. The van der Waals surface area contributed by atoms with Crippen LogP contribution >= 0.6 is 0 Å². The summed E-state index contributed by atoms with van der Waals surface area (Å²) >= 11 is 0. The molecular formula is C16H18O4. The van der Waals surface area contributed by atoms with Crippen LogP contribution in [0.5, 0.6) is 0 Å². The molecule has 0 fully saturated rings. The number of rotatable bonds is 4. The van der Waals surface area contributed by atoms with Gasteiger partial charge in [-0.25, -0.2) is 4.79 Å². The first-order chi connectivity index (χ1) is 9.45. The maximum atomic E-state index is 11.8. The Morgan fingerprint density at radius 1 is 1.35 bits per heavy atom. The number of hydrogen-bond acceptors (Lipinski definition) is 4. The highest BCUT2D eigenvalue weighted by Gasteiger charge is 2.44. The minimum atomic E-state index is -2.13. The lowest BCUT2D eigenvalue weighted by molar-refractivity contribution is -0.163. The Kier molecular flexibility index (Phi) is 5.48. The van der Waals surface area contributed by atoms with Crippen LogP contribution in [0.2, 0.25) is 0 Å². The fourth-order valence-electron chi connectivity index (χ4n) is 1.72. The van der Waals surface area contributed by atoms with Crippen molar-refractivity contribution in [3.05, 3.63) is 35.9 Å². The molecule has 0 saturated carbocycles. The number of benzene rings is 1. The quantitative estimate of drug-likeness (QED) is 0.668. The van der Waals surface area contributed by atoms with Crippen molar-refractivity contribution in [2.24, 2.45) is 5.92 Å². The molecule has 20 heavy (non-hydrogen) atoms. The van der Waals surface area contributed by atoms with Crippen LogP contribution in [0.1, 0.15) is 25.8 Å². The first kappa shape index (κ1) is 15.9. The summed E-state index contributed by atoms with van der Waals surface area (Å²) < 4.78 is 4.58. The molecule has 0 aliphatic heterocycles. The first-order valence-electron chi connectivity index (χ1n) is 6.37. The van der Waals surface area contributed by atoms with Crippen LogP contribution in [-0.4, -0.2) is 29.6 Å². The minimum absolute atomic E-state index is 0.216. The second-order valence-corrected chi connectivity index (χ2v) is 4.42. The van der Waals surface area contributed by atoms with E-state index in [4.69, 9.17) is 0 Å². The molecule has 0 spiro atoms. The summed E-state index contributed by atoms with van der Waals surface area (Å²) in [6.45, 7) is 3.14. The van der Waals surface area contributed by atoms with Crippen molar-refractivity contribution in [3.63, 3.8) is 0 Å². The third kappa shape index (κ3) is 3.46. The van der Waals surface area contributed by atoms with Crippen molar-refractivity contribution in [2.45, 2.75) is 25.9 Å². The maximum absolute atomic E-state index is 11.8. The Morgan fingerprint density at radius 2 is 1.95 bits per heavy atom. The van der Waals surface area contributed by atoms with Gasteiger partial charge in [0.2, 0.25) is 5.60 Å². The average molecular weight is 274 g/mol. The lowest BCUT2D eigenvalue weighted by Gasteiger charge is -2.24. The summed E-state index contributed by atoms with van der Waals surface area (Å²) in [5.74, 6) is 3.08. The van der Waals surface area contributed by atoms with Gasteiger partial charge < -0.3 is 9.84 Å². The van der Waals surface area contributed by atoms with Crippen LogP contribution in [0, 0.1) is 17.8 Å². The number of aliphatic hydroxyl groups is 1. The highest BCUT2D eigenvalue weighted by Crippen LogP contribution is 2.21. The Hall–Kier alpha value is -2.12. The van der Waals surface area contributed by atoms with Crippen molar-refractivity contribution in [1.29, 1.82) is 0 Å². The van der Waals surface area contributed by atoms with E-state index in [-0.39, 0.29) is 12.2 Å². The average Bonchev–Trinajstić information content (AvgIpc) is 2.51. The van der Waals surface area contributed by atoms with Crippen molar-refractivity contribution in [1.82, 2.24) is 0 Å². The molecule has 0 aliphatic rings. The van der Waals surface area contributed by atoms with Crippen LogP contribution in [0.25, 0.3) is 0 Å². The van der Waals surface area contributed by atoms with Crippen molar-refractivity contribution in [2.75, 3.05) is 7.11 Å². The van der Waals surface area contributed by atoms with Crippen LogP contribution in [0.15, 0.2) is 30.3 Å². The molecule has 1 aromatic rings. The summed E-state index contributed by atoms with van der Waals surface area (Å²) in [5, 5.41) is 10.4. The van der Waals surface area contributed by atoms with Gasteiger partial charge in [0.25, 0.3) is 0 Å². The van der Waals surface area contributed by atoms with Crippen molar-refractivity contribution < 1.29 is 19.4 Å². The molecule has 1 aromatic carbocycles. The van der Waals surface area contributed by atoms with Crippen LogP contribution in [-0.2, 0) is 14.3 Å². The van der Waals surface area contributed by atoms with E-state index in [9.17, 15) is 14.7 Å². The van der Waals surface area contributed by atoms with Gasteiger partial charge in [-0.3, -0.25) is 4.79 Å². The zero-order valence-corrected chi connectivity index (χ0v) is 11.8. The third-order valence-corrected chi connectivity index (χ3v) is 3.13. The van der Waals surface area contributed by atoms with E-state index in [1.54, 1.807) is 31.2 Å². The maximum Gasteiger partial charge on any atom is 0.351 e. The Morgan fingerprint density at radius 3 is 2.45 bits per heavy atom. The molecule has 0 bridgehead atoms. The van der Waals surface area contributed by atoms with Gasteiger partial charge in [-0.05, 0) is 12.1 Å². The smallest absolute Gasteiger partial charge is 0.351 e. The number of ketones is 1. The van der Waals surface area contributed by atoms with Gasteiger partial charge >= 0.3 is 5.97 Å². The van der Waals surface area contributed by atoms with Gasteiger partial charge in [0.05, 0.1) is 13.0 Å². The molecule has 2 atom stereocenters. The number of hydrogen-bond donors (Lipinski definition) is 1. The highest BCUT2D eigenvalue weighted by molar-refractivity contribution is 5.93. The molecular weight excluding hydrogens is 256 g/mol. The predicted molar refractivity (Wildman–Crippen MR) is 74.7 cm³/mol. The van der Waals surface area contributed by atoms with Gasteiger partial charge in [-0.15, -0.1) is 0 Å². The molecule has 4 nitrogen and oxygen atoms in total. The second kappa shape index (κ2) is 6.88. The third-order valence-electron chi connectivity index (χ3n) is 3.13. The van der Waals surface area contributed by atoms with E-state index in [1.165, 1.54) is 6.92 Å². The molecule has 1 rings (SSSR count). The van der Waals surface area contributed by atoms with Crippen LogP contribution in [0.3, 0.4) is 0 Å². The summed E-state index contributed by atoms with van der Waals surface area (Å²) in [5.41, 5.74) is -1.48. The van der Waals surface area contributed by atoms with Gasteiger partial charge in [-0.1, -0.05) is 43.9 Å². The molecule has 4 heteroatoms. The molecule has 0 heterocycles. The number of Topliss-reactive ketones (excluding diaryl/α,β-unsaturated/α-hetero) is 1. The molecule has 0 aliphatic carbocycles. The standard InChI is InChI=1S/C16H18O4/c1-4-14(17)12(2)16(19,15(18)20-3)11-10-13-8-6-5-7-9-13/h5-9,12,19H,4H2,1-3H3/t12-,16-/m0/s1. The van der Waals surface area contributed by atoms with E-state index in [1.807, 2.05) is 6.07 Å². The minimum Gasteiger partial charge on any atom is -0.466 e. The topological polar surface area (TPSA) is 63.6 Å². The largest absolute Gasteiger partial charge is 0.466 e. The van der Waals surface area contributed by atoms with E-state index in [0.29, 0.717) is 5.56 Å². The first-order valence-corrected chi connectivity index (χ1v) is 6.37. The van der Waals surface area contributed by atoms with Crippen LogP contribution < -0.4 is 0 Å². The van der Waals surface area contributed by atoms with E-state index >= 15 is 0 Å². The number of carbonyl (C=O) groups excluding carboxylic acids is 2. The molecule has 0 saturated heterocycles. The number of esters is 1. The van der Waals surface area contributed by atoms with Gasteiger partial charge in [0.15, 0.2) is 0 Å². The number of ether oxygens (including phenoxy) is 1. The van der Waals surface area contributed by atoms with E-state index < -0.39 is 17.5 Å². The highest BCUT2D eigenvalue weighted by atomic mass is 16.5. The zero-order valence-electron chi connectivity index (χ0n) is 11.8. The Balaban J connectivity index is 3.17. The summed E-state index contributed by atoms with van der Waals surface area (Å²) in [6.07, 6.45) is 0.216.